The van der Waals surface area contributed by atoms with Crippen LogP contribution < -0.4 is 14.7 Å². The van der Waals surface area contributed by atoms with Crippen molar-refractivity contribution >= 4 is 17.8 Å². The molecule has 18 nitrogen and oxygen atoms in total. The van der Waals surface area contributed by atoms with E-state index in [4.69, 9.17) is 60.0 Å². The van der Waals surface area contributed by atoms with Crippen molar-refractivity contribution in [3.8, 4) is 36.4 Å². The van der Waals surface area contributed by atoms with Crippen molar-refractivity contribution in [2.24, 2.45) is 0 Å². The third kappa shape index (κ3) is 17.7. The second-order valence-electron chi connectivity index (χ2n) is 8.53. The Hall–Kier alpha value is -4.89. The molecule has 0 saturated heterocycles. The molecule has 0 radical (unpaired) electrons. The second kappa shape index (κ2) is 26.7. The fourth-order valence-corrected chi connectivity index (χ4v) is 2.98. The third-order valence-electron chi connectivity index (χ3n) is 5.08. The van der Waals surface area contributed by atoms with Crippen molar-refractivity contribution in [3.05, 3.63) is 0 Å². The number of nitriles is 6. The van der Waals surface area contributed by atoms with Crippen LogP contribution in [0.2, 0.25) is 0 Å². The molecule has 1 heterocycles. The van der Waals surface area contributed by atoms with Gasteiger partial charge in [0.05, 0.1) is 115 Å². The van der Waals surface area contributed by atoms with Crippen molar-refractivity contribution in [3.63, 3.8) is 0 Å². The predicted octanol–water partition coefficient (Wildman–Crippen LogP) is 1.62. The van der Waals surface area contributed by atoms with Crippen LogP contribution in [0.5, 0.6) is 0 Å². The maximum atomic E-state index is 8.90. The van der Waals surface area contributed by atoms with Gasteiger partial charge < -0.3 is 28.4 Å². The average molecular weight is 625 g/mol. The van der Waals surface area contributed by atoms with Gasteiger partial charge in [-0.1, -0.05) is 0 Å². The van der Waals surface area contributed by atoms with E-state index in [1.807, 2.05) is 36.4 Å². The fourth-order valence-electron chi connectivity index (χ4n) is 2.98. The first-order valence-electron chi connectivity index (χ1n) is 13.8. The van der Waals surface area contributed by atoms with Crippen LogP contribution in [-0.2, 0) is 28.4 Å². The first-order valence-corrected chi connectivity index (χ1v) is 13.8. The molecule has 0 N–H and O–H groups in total. The summed E-state index contributed by atoms with van der Waals surface area (Å²) in [6.07, 6.45) is 0.908. The van der Waals surface area contributed by atoms with Crippen LogP contribution in [-0.4, -0.2) is 95.0 Å². The van der Waals surface area contributed by atoms with Crippen LogP contribution in [0.3, 0.4) is 0 Å². The quantitative estimate of drug-likeness (QED) is 0.0995. The maximum Gasteiger partial charge on any atom is 0.235 e. The Morgan fingerprint density at radius 2 is 0.533 bits per heavy atom. The van der Waals surface area contributed by atoms with E-state index in [1.54, 1.807) is 0 Å². The summed E-state index contributed by atoms with van der Waals surface area (Å²) in [5.41, 5.74) is 0. The number of hydrogen-bond donors (Lipinski definition) is 0. The van der Waals surface area contributed by atoms with E-state index < -0.39 is 0 Å². The van der Waals surface area contributed by atoms with Crippen molar-refractivity contribution in [1.29, 1.82) is 31.6 Å². The van der Waals surface area contributed by atoms with Crippen molar-refractivity contribution in [2.75, 3.05) is 94.7 Å². The number of nitrogens with zero attached hydrogens (tertiary/aromatic N) is 12. The Labute approximate surface area is 262 Å². The molecule has 0 unspecified atom stereocenters. The number of rotatable bonds is 27. The summed E-state index contributed by atoms with van der Waals surface area (Å²) in [6, 6.07) is 12.0. The number of hydrogen-bond acceptors (Lipinski definition) is 18. The molecule has 240 valence electrons. The lowest BCUT2D eigenvalue weighted by molar-refractivity contribution is 0.0845. The zero-order chi connectivity index (χ0) is 32.8. The first kappa shape index (κ1) is 38.1. The summed E-state index contributed by atoms with van der Waals surface area (Å²) in [5, 5.41) is 53.4. The highest BCUT2D eigenvalue weighted by Gasteiger charge is 2.22. The largest absolute Gasteiger partial charge is 0.360 e. The van der Waals surface area contributed by atoms with Gasteiger partial charge in [-0.3, -0.25) is 14.7 Å². The Balaban J connectivity index is 3.56. The lowest BCUT2D eigenvalue weighted by Crippen LogP contribution is -2.37. The average Bonchev–Trinajstić information content (AvgIpc) is 3.06. The van der Waals surface area contributed by atoms with Gasteiger partial charge in [0.1, 0.15) is 40.4 Å². The highest BCUT2D eigenvalue weighted by atomic mass is 16.5. The van der Waals surface area contributed by atoms with Gasteiger partial charge in [0, 0.05) is 0 Å². The Morgan fingerprint density at radius 3 is 0.689 bits per heavy atom. The molecule has 1 aromatic heterocycles. The van der Waals surface area contributed by atoms with Crippen molar-refractivity contribution in [2.45, 2.75) is 38.5 Å². The number of anilines is 3. The van der Waals surface area contributed by atoms with Gasteiger partial charge >= 0.3 is 0 Å². The lowest BCUT2D eigenvalue weighted by atomic mass is 10.5. The summed E-state index contributed by atoms with van der Waals surface area (Å²) in [6.45, 7) is 0.327. The molecule has 0 amide bonds. The number of aromatic nitrogens is 3. The SMILES string of the molecule is N#CCCOCN(COCCC#N)c1nc(N(COCCC#N)COCCC#N)nc(N(COCCC#N)COCCC#N)n1. The van der Waals surface area contributed by atoms with Crippen molar-refractivity contribution in [1.82, 2.24) is 15.0 Å². The third-order valence-corrected chi connectivity index (χ3v) is 5.08. The normalized spacial score (nSPS) is 10.0. The van der Waals surface area contributed by atoms with Crippen LogP contribution in [0.15, 0.2) is 0 Å². The monoisotopic (exact) mass is 624 g/mol. The van der Waals surface area contributed by atoms with Crippen LogP contribution in [0, 0.1) is 68.0 Å². The number of ether oxygens (including phenoxy) is 6. The van der Waals surface area contributed by atoms with Gasteiger partial charge in [0.15, 0.2) is 0 Å². The predicted molar refractivity (Wildman–Crippen MR) is 154 cm³/mol. The molecule has 0 aromatic carbocycles. The molecule has 1 aromatic rings. The fraction of sp³-hybridized carbons (Fsp3) is 0.667. The maximum absolute atomic E-state index is 8.90. The Bertz CT molecular complexity index is 988. The summed E-state index contributed by atoms with van der Waals surface area (Å²) in [4.78, 5) is 18.3. The van der Waals surface area contributed by atoms with Gasteiger partial charge in [0.25, 0.3) is 0 Å². The second-order valence-corrected chi connectivity index (χ2v) is 8.53. The molecule has 0 fully saturated rings. The highest BCUT2D eigenvalue weighted by molar-refractivity contribution is 5.45. The molecule has 1 rings (SSSR count). The van der Waals surface area contributed by atoms with Crippen LogP contribution in [0.1, 0.15) is 38.5 Å². The molecule has 0 saturated carbocycles. The van der Waals surface area contributed by atoms with Gasteiger partial charge in [-0.05, 0) is 0 Å². The van der Waals surface area contributed by atoms with E-state index in [0.717, 1.165) is 0 Å². The lowest BCUT2D eigenvalue weighted by Gasteiger charge is -2.28. The standard InChI is InChI=1S/C27H36N12O6/c28-7-1-13-40-19-37(20-41-14-2-8-29)25-34-26(38(21-42-15-3-9-30)22-43-16-4-10-31)36-27(35-25)39(23-44-17-5-11-32)24-45-18-6-12-33/h1-6,13-24H2. The molecule has 0 atom stereocenters. The molecule has 0 aliphatic heterocycles. The minimum atomic E-state index is -0.0776. The minimum absolute atomic E-state index is 0.0776. The summed E-state index contributed by atoms with van der Waals surface area (Å²) in [5.74, 6) is 0.256. The van der Waals surface area contributed by atoms with E-state index in [1.165, 1.54) is 14.7 Å². The molecule has 45 heavy (non-hydrogen) atoms. The zero-order valence-electron chi connectivity index (χ0n) is 25.0. The molecule has 0 bridgehead atoms. The minimum Gasteiger partial charge on any atom is -0.360 e. The van der Waals surface area contributed by atoms with Crippen molar-refractivity contribution < 1.29 is 28.4 Å². The van der Waals surface area contributed by atoms with E-state index >= 15 is 0 Å². The van der Waals surface area contributed by atoms with Gasteiger partial charge in [-0.2, -0.15) is 46.5 Å². The summed E-state index contributed by atoms with van der Waals surface area (Å²) in [7, 11) is 0. The Morgan fingerprint density at radius 1 is 0.356 bits per heavy atom. The van der Waals surface area contributed by atoms with E-state index in [9.17, 15) is 0 Å². The van der Waals surface area contributed by atoms with Crippen LogP contribution >= 0.6 is 0 Å². The molecular formula is C27H36N12O6. The van der Waals surface area contributed by atoms with E-state index in [-0.39, 0.29) is 136 Å². The van der Waals surface area contributed by atoms with E-state index in [0.29, 0.717) is 0 Å². The topological polar surface area (TPSA) is 247 Å². The van der Waals surface area contributed by atoms with Gasteiger partial charge in [-0.15, -0.1) is 0 Å². The molecule has 0 aliphatic rings. The summed E-state index contributed by atoms with van der Waals surface area (Å²) >= 11 is 0. The highest BCUT2D eigenvalue weighted by Crippen LogP contribution is 2.20. The molecule has 18 heteroatoms. The zero-order valence-corrected chi connectivity index (χ0v) is 25.0. The van der Waals surface area contributed by atoms with Gasteiger partial charge in [-0.25, -0.2) is 0 Å². The molecular weight excluding hydrogens is 588 g/mol. The summed E-state index contributed by atoms with van der Waals surface area (Å²) < 4.78 is 33.8. The van der Waals surface area contributed by atoms with E-state index in [2.05, 4.69) is 15.0 Å². The van der Waals surface area contributed by atoms with Crippen LogP contribution in [0.25, 0.3) is 0 Å². The van der Waals surface area contributed by atoms with Gasteiger partial charge in [0.2, 0.25) is 17.8 Å². The smallest absolute Gasteiger partial charge is 0.235 e. The first-order chi connectivity index (χ1) is 22.1. The molecule has 0 aliphatic carbocycles. The van der Waals surface area contributed by atoms with Crippen LogP contribution in [0.4, 0.5) is 17.8 Å². The Kier molecular flexibility index (Phi) is 22.6. The molecule has 0 spiro atoms.